The van der Waals surface area contributed by atoms with Crippen LogP contribution in [0.4, 0.5) is 4.79 Å². The van der Waals surface area contributed by atoms with Crippen molar-refractivity contribution in [3.8, 4) is 0 Å². The highest BCUT2D eigenvalue weighted by atomic mass is 16.6. The van der Waals surface area contributed by atoms with E-state index in [4.69, 9.17) is 10.5 Å². The molecule has 0 spiro atoms. The molecule has 0 saturated carbocycles. The Morgan fingerprint density at radius 1 is 1.30 bits per heavy atom. The van der Waals surface area contributed by atoms with Crippen LogP contribution in [0.2, 0.25) is 0 Å². The van der Waals surface area contributed by atoms with Crippen LogP contribution in [-0.4, -0.2) is 29.7 Å². The lowest BCUT2D eigenvalue weighted by Crippen LogP contribution is -2.54. The van der Waals surface area contributed by atoms with Crippen LogP contribution in [0.5, 0.6) is 0 Å². The molecule has 0 unspecified atom stereocenters. The van der Waals surface area contributed by atoms with E-state index >= 15 is 0 Å². The number of aryl methyl sites for hydroxylation is 1. The Morgan fingerprint density at radius 2 is 1.85 bits per heavy atom. The largest absolute Gasteiger partial charge is 0.444 e. The van der Waals surface area contributed by atoms with Crippen molar-refractivity contribution in [2.45, 2.75) is 39.3 Å². The number of amides is 1. The fraction of sp³-hybridized carbons (Fsp3) is 0.562. The van der Waals surface area contributed by atoms with Gasteiger partial charge >= 0.3 is 6.09 Å². The van der Waals surface area contributed by atoms with Gasteiger partial charge in [-0.3, -0.25) is 0 Å². The molecular formula is C16H24N2O2. The molecule has 1 fully saturated rings. The molecule has 2 N–H and O–H groups in total. The normalized spacial score (nSPS) is 17.6. The lowest BCUT2D eigenvalue weighted by atomic mass is 9.87. The monoisotopic (exact) mass is 276 g/mol. The molecule has 1 aromatic rings. The number of nitrogens with two attached hydrogens (primary N) is 1. The molecule has 1 aliphatic heterocycles. The number of hydrogen-bond donors (Lipinski definition) is 1. The number of hydrogen-bond acceptors (Lipinski definition) is 3. The second-order valence-corrected chi connectivity index (χ2v) is 6.58. The number of ether oxygens (including phenoxy) is 1. The molecule has 0 bridgehead atoms. The molecule has 1 heterocycles. The van der Waals surface area contributed by atoms with Crippen LogP contribution in [0.15, 0.2) is 24.3 Å². The van der Waals surface area contributed by atoms with Crippen LogP contribution in [0.1, 0.15) is 37.9 Å². The Kier molecular flexibility index (Phi) is 4.04. The zero-order valence-corrected chi connectivity index (χ0v) is 12.7. The van der Waals surface area contributed by atoms with E-state index in [1.807, 2.05) is 20.8 Å². The highest BCUT2D eigenvalue weighted by molar-refractivity contribution is 5.69. The van der Waals surface area contributed by atoms with Gasteiger partial charge in [0.25, 0.3) is 0 Å². The fourth-order valence-electron chi connectivity index (χ4n) is 2.28. The Morgan fingerprint density at radius 3 is 2.35 bits per heavy atom. The molecule has 1 aliphatic rings. The minimum Gasteiger partial charge on any atom is -0.444 e. The maximum Gasteiger partial charge on any atom is 0.410 e. The van der Waals surface area contributed by atoms with Crippen LogP contribution in [0, 0.1) is 12.8 Å². The Balaban J connectivity index is 1.87. The second-order valence-electron chi connectivity index (χ2n) is 6.58. The van der Waals surface area contributed by atoms with Gasteiger partial charge in [0, 0.05) is 25.0 Å². The van der Waals surface area contributed by atoms with Gasteiger partial charge < -0.3 is 15.4 Å². The van der Waals surface area contributed by atoms with Crippen molar-refractivity contribution in [3.63, 3.8) is 0 Å². The van der Waals surface area contributed by atoms with E-state index in [1.54, 1.807) is 4.90 Å². The van der Waals surface area contributed by atoms with Crippen molar-refractivity contribution in [3.05, 3.63) is 35.4 Å². The molecule has 0 radical (unpaired) electrons. The van der Waals surface area contributed by atoms with Gasteiger partial charge in [-0.25, -0.2) is 4.79 Å². The van der Waals surface area contributed by atoms with E-state index in [9.17, 15) is 4.79 Å². The van der Waals surface area contributed by atoms with Crippen LogP contribution >= 0.6 is 0 Å². The van der Waals surface area contributed by atoms with Crippen LogP contribution in [0.3, 0.4) is 0 Å². The summed E-state index contributed by atoms with van der Waals surface area (Å²) < 4.78 is 5.34. The van der Waals surface area contributed by atoms with Gasteiger partial charge in [0.1, 0.15) is 5.60 Å². The zero-order chi connectivity index (χ0) is 14.9. The number of nitrogens with zero attached hydrogens (tertiary/aromatic N) is 1. The van der Waals surface area contributed by atoms with E-state index < -0.39 is 5.60 Å². The first-order chi connectivity index (χ1) is 9.26. The van der Waals surface area contributed by atoms with Crippen LogP contribution < -0.4 is 5.73 Å². The average Bonchev–Trinajstić information content (AvgIpc) is 2.25. The van der Waals surface area contributed by atoms with E-state index in [0.29, 0.717) is 19.0 Å². The number of rotatable bonds is 2. The predicted molar refractivity (Wildman–Crippen MR) is 79.4 cm³/mol. The number of likely N-dealkylation sites (tertiary alicyclic amines) is 1. The Hall–Kier alpha value is -1.55. The summed E-state index contributed by atoms with van der Waals surface area (Å²) >= 11 is 0. The third-order valence-electron chi connectivity index (χ3n) is 3.53. The summed E-state index contributed by atoms with van der Waals surface area (Å²) in [6, 6.07) is 8.25. The lowest BCUT2D eigenvalue weighted by Gasteiger charge is -2.42. The van der Waals surface area contributed by atoms with Crippen molar-refractivity contribution < 1.29 is 9.53 Å². The van der Waals surface area contributed by atoms with E-state index in [2.05, 4.69) is 31.2 Å². The summed E-state index contributed by atoms with van der Waals surface area (Å²) in [5.74, 6) is 0.310. The lowest BCUT2D eigenvalue weighted by molar-refractivity contribution is -0.00477. The SMILES string of the molecule is Cc1ccc([C@@H](N)C2CN(C(=O)OC(C)(C)C)C2)cc1. The van der Waals surface area contributed by atoms with Crippen molar-refractivity contribution in [2.75, 3.05) is 13.1 Å². The Labute approximate surface area is 120 Å². The average molecular weight is 276 g/mol. The van der Waals surface area contributed by atoms with Gasteiger partial charge in [0.05, 0.1) is 0 Å². The summed E-state index contributed by atoms with van der Waals surface area (Å²) in [5.41, 5.74) is 8.17. The molecule has 110 valence electrons. The van der Waals surface area contributed by atoms with Crippen molar-refractivity contribution in [1.82, 2.24) is 4.90 Å². The van der Waals surface area contributed by atoms with Crippen molar-refractivity contribution >= 4 is 6.09 Å². The molecule has 0 aliphatic carbocycles. The number of carbonyl (C=O) groups is 1. The summed E-state index contributed by atoms with van der Waals surface area (Å²) in [6.07, 6.45) is -0.246. The maximum atomic E-state index is 11.9. The Bertz CT molecular complexity index is 470. The van der Waals surface area contributed by atoms with E-state index in [-0.39, 0.29) is 12.1 Å². The summed E-state index contributed by atoms with van der Waals surface area (Å²) in [5, 5.41) is 0. The van der Waals surface area contributed by atoms with Crippen LogP contribution in [0.25, 0.3) is 0 Å². The molecule has 1 atom stereocenters. The third kappa shape index (κ3) is 3.51. The molecule has 20 heavy (non-hydrogen) atoms. The quantitative estimate of drug-likeness (QED) is 0.903. The maximum absolute atomic E-state index is 11.9. The third-order valence-corrected chi connectivity index (χ3v) is 3.53. The highest BCUT2D eigenvalue weighted by Gasteiger charge is 2.37. The summed E-state index contributed by atoms with van der Waals surface area (Å²) in [7, 11) is 0. The molecule has 1 saturated heterocycles. The number of carbonyl (C=O) groups excluding carboxylic acids is 1. The molecule has 0 aromatic heterocycles. The van der Waals surface area contributed by atoms with E-state index in [1.165, 1.54) is 5.56 Å². The van der Waals surface area contributed by atoms with E-state index in [0.717, 1.165) is 5.56 Å². The van der Waals surface area contributed by atoms with Gasteiger partial charge in [-0.05, 0) is 33.3 Å². The van der Waals surface area contributed by atoms with Gasteiger partial charge in [-0.1, -0.05) is 29.8 Å². The molecule has 4 nitrogen and oxygen atoms in total. The predicted octanol–water partition coefficient (Wildman–Crippen LogP) is 2.86. The minimum atomic E-state index is -0.443. The molecule has 2 rings (SSSR count). The van der Waals surface area contributed by atoms with Crippen molar-refractivity contribution in [2.24, 2.45) is 11.7 Å². The van der Waals surface area contributed by atoms with Crippen LogP contribution in [-0.2, 0) is 4.74 Å². The first-order valence-electron chi connectivity index (χ1n) is 7.06. The minimum absolute atomic E-state index is 0.0192. The first-order valence-corrected chi connectivity index (χ1v) is 7.06. The summed E-state index contributed by atoms with van der Waals surface area (Å²) in [6.45, 7) is 9.03. The standard InChI is InChI=1S/C16H24N2O2/c1-11-5-7-12(8-6-11)14(17)13-9-18(10-13)15(19)20-16(2,3)4/h5-8,13-14H,9-10,17H2,1-4H3/t14-/m1/s1. The fourth-order valence-corrected chi connectivity index (χ4v) is 2.28. The van der Waals surface area contributed by atoms with Crippen molar-refractivity contribution in [1.29, 1.82) is 0 Å². The smallest absolute Gasteiger partial charge is 0.410 e. The van der Waals surface area contributed by atoms with Gasteiger partial charge in [0.2, 0.25) is 0 Å². The second kappa shape index (κ2) is 5.44. The number of benzene rings is 1. The first kappa shape index (κ1) is 14.9. The topological polar surface area (TPSA) is 55.6 Å². The molecule has 1 amide bonds. The molecule has 1 aromatic carbocycles. The molecule has 4 heteroatoms. The van der Waals surface area contributed by atoms with Gasteiger partial charge in [0.15, 0.2) is 0 Å². The van der Waals surface area contributed by atoms with Gasteiger partial charge in [-0.15, -0.1) is 0 Å². The summed E-state index contributed by atoms with van der Waals surface area (Å²) in [4.78, 5) is 13.6. The zero-order valence-electron chi connectivity index (χ0n) is 12.7. The highest BCUT2D eigenvalue weighted by Crippen LogP contribution is 2.29. The molecular weight excluding hydrogens is 252 g/mol. The van der Waals surface area contributed by atoms with Gasteiger partial charge in [-0.2, -0.15) is 0 Å².